The highest BCUT2D eigenvalue weighted by atomic mass is 79.9. The Hall–Kier alpha value is -3.50. The lowest BCUT2D eigenvalue weighted by molar-refractivity contribution is 0.0874. The topological polar surface area (TPSA) is 62.2 Å². The quantitative estimate of drug-likeness (QED) is 0.177. The van der Waals surface area contributed by atoms with Gasteiger partial charge in [0.2, 0.25) is 0 Å². The van der Waals surface area contributed by atoms with Crippen LogP contribution in [-0.2, 0) is 10.8 Å². The molecular formula is C36H36BrN3. The van der Waals surface area contributed by atoms with Gasteiger partial charge >= 0.3 is 0 Å². The molecule has 0 radical (unpaired) electrons. The molecule has 2 fully saturated rings. The number of hydrogen-bond donors (Lipinski definition) is 2. The zero-order valence-corrected chi connectivity index (χ0v) is 24.6. The summed E-state index contributed by atoms with van der Waals surface area (Å²) in [6.45, 7) is 2.50. The van der Waals surface area contributed by atoms with Gasteiger partial charge in [-0.25, -0.2) is 4.99 Å². The molecule has 2 aliphatic carbocycles. The molecule has 202 valence electrons. The fraction of sp³-hybridized carbons (Fsp3) is 0.278. The Morgan fingerprint density at radius 1 is 0.800 bits per heavy atom. The summed E-state index contributed by atoms with van der Waals surface area (Å²) in [6, 6.07) is 36.0. The molecule has 2 bridgehead atoms. The molecule has 0 aliphatic heterocycles. The molecule has 4 aromatic carbocycles. The molecule has 2 aliphatic rings. The third kappa shape index (κ3) is 5.30. The lowest BCUT2D eigenvalue weighted by atomic mass is 9.51. The molecule has 3 nitrogen and oxygen atoms in total. The van der Waals surface area contributed by atoms with Crippen molar-refractivity contribution >= 4 is 27.6 Å². The molecule has 0 heterocycles. The third-order valence-electron chi connectivity index (χ3n) is 9.25. The average Bonchev–Trinajstić information content (AvgIpc) is 2.98. The zero-order chi connectivity index (χ0) is 27.7. The summed E-state index contributed by atoms with van der Waals surface area (Å²) in [6.07, 6.45) is 7.79. The Kier molecular flexibility index (Phi) is 7.22. The first-order valence-corrected chi connectivity index (χ1v) is 15.1. The van der Waals surface area contributed by atoms with Crippen LogP contribution in [0.4, 0.5) is 0 Å². The fourth-order valence-corrected chi connectivity index (χ4v) is 7.67. The number of nitrogens with one attached hydrogen (secondary N) is 1. The Balaban J connectivity index is 1.20. The molecule has 3 N–H and O–H groups in total. The van der Waals surface area contributed by atoms with E-state index in [0.717, 1.165) is 27.1 Å². The number of aliphatic imine (C=N–C) groups is 1. The first kappa shape index (κ1) is 26.7. The van der Waals surface area contributed by atoms with Crippen LogP contribution >= 0.6 is 15.9 Å². The van der Waals surface area contributed by atoms with Crippen LogP contribution in [0.15, 0.2) is 113 Å². The van der Waals surface area contributed by atoms with Crippen molar-refractivity contribution in [2.24, 2.45) is 16.6 Å². The number of nitrogens with two attached hydrogens (primary N) is 1. The summed E-state index contributed by atoms with van der Waals surface area (Å²) in [5.74, 6) is 1.31. The number of rotatable bonds is 5. The normalized spacial score (nSPS) is 24.4. The van der Waals surface area contributed by atoms with E-state index in [1.165, 1.54) is 55.2 Å². The van der Waals surface area contributed by atoms with E-state index in [1.807, 2.05) is 42.5 Å². The van der Waals surface area contributed by atoms with Crippen LogP contribution in [0.5, 0.6) is 0 Å². The van der Waals surface area contributed by atoms with Crippen molar-refractivity contribution in [3.05, 3.63) is 130 Å². The van der Waals surface area contributed by atoms with Crippen molar-refractivity contribution in [2.75, 3.05) is 0 Å². The second-order valence-electron chi connectivity index (χ2n) is 12.1. The van der Waals surface area contributed by atoms with E-state index in [2.05, 4.69) is 88.5 Å². The second kappa shape index (κ2) is 10.8. The van der Waals surface area contributed by atoms with Gasteiger partial charge in [0.05, 0.1) is 0 Å². The van der Waals surface area contributed by atoms with Crippen molar-refractivity contribution in [1.82, 2.24) is 0 Å². The van der Waals surface area contributed by atoms with Gasteiger partial charge in [0.15, 0.2) is 5.84 Å². The molecule has 0 spiro atoms. The molecule has 4 heteroatoms. The van der Waals surface area contributed by atoms with Crippen molar-refractivity contribution < 1.29 is 0 Å². The predicted molar refractivity (Wildman–Crippen MR) is 170 cm³/mol. The smallest absolute Gasteiger partial charge is 0.154 e. The van der Waals surface area contributed by atoms with Crippen LogP contribution in [0.2, 0.25) is 0 Å². The number of hydrogen-bond acceptors (Lipinski definition) is 1. The molecule has 0 saturated heterocycles. The van der Waals surface area contributed by atoms with Gasteiger partial charge in [0.25, 0.3) is 0 Å². The van der Waals surface area contributed by atoms with E-state index in [1.54, 1.807) is 0 Å². The van der Waals surface area contributed by atoms with Gasteiger partial charge in [-0.15, -0.1) is 0 Å². The number of halogens is 1. The van der Waals surface area contributed by atoms with E-state index in [0.29, 0.717) is 5.84 Å². The van der Waals surface area contributed by atoms with Gasteiger partial charge in [-0.1, -0.05) is 127 Å². The first-order chi connectivity index (χ1) is 19.3. The van der Waals surface area contributed by atoms with Crippen LogP contribution in [0.25, 0.3) is 11.1 Å². The largest absolute Gasteiger partial charge is 0.383 e. The molecule has 0 amide bonds. The summed E-state index contributed by atoms with van der Waals surface area (Å²) in [5.41, 5.74) is 13.4. The summed E-state index contributed by atoms with van der Waals surface area (Å²) < 4.78 is 1.16. The fourth-order valence-electron chi connectivity index (χ4n) is 7.41. The highest BCUT2D eigenvalue weighted by Crippen LogP contribution is 2.57. The van der Waals surface area contributed by atoms with Crippen molar-refractivity contribution in [2.45, 2.75) is 56.3 Å². The summed E-state index contributed by atoms with van der Waals surface area (Å²) in [7, 11) is 0. The van der Waals surface area contributed by atoms with Crippen LogP contribution < -0.4 is 5.73 Å². The van der Waals surface area contributed by atoms with Crippen LogP contribution in [0.3, 0.4) is 0 Å². The van der Waals surface area contributed by atoms with Gasteiger partial charge < -0.3 is 5.73 Å². The molecule has 3 unspecified atom stereocenters. The van der Waals surface area contributed by atoms with Crippen LogP contribution in [-0.4, -0.2) is 11.7 Å². The lowest BCUT2D eigenvalue weighted by Crippen LogP contribution is -2.46. The van der Waals surface area contributed by atoms with Crippen molar-refractivity contribution in [1.29, 1.82) is 5.41 Å². The SMILES string of the molecule is CC1(c2ccc(-c3ccc(C(=N)/N=C(\N)c4ccccc4)cc3)cc2)CC2CCCC(c3ccc(Br)cc3)(C2)C1. The molecule has 2 saturated carbocycles. The highest BCUT2D eigenvalue weighted by Gasteiger charge is 2.49. The zero-order valence-electron chi connectivity index (χ0n) is 23.0. The maximum atomic E-state index is 8.42. The minimum Gasteiger partial charge on any atom is -0.383 e. The lowest BCUT2D eigenvalue weighted by Gasteiger charge is -2.53. The van der Waals surface area contributed by atoms with E-state index in [4.69, 9.17) is 11.1 Å². The minimum absolute atomic E-state index is 0.165. The standard InChI is InChI=1S/C36H36BrN3/c1-35(22-25-6-5-21-36(23-25,24-35)31-17-19-32(37)20-18-31)30-15-13-27(14-16-30)26-9-11-29(12-10-26)34(39)40-33(38)28-7-3-2-4-8-28/h2-4,7-20,25H,5-6,21-24H2,1H3,(H3,38,39,40). The Bertz CT molecular complexity index is 1520. The van der Waals surface area contributed by atoms with Crippen molar-refractivity contribution in [3.63, 3.8) is 0 Å². The van der Waals surface area contributed by atoms with Crippen LogP contribution in [0.1, 0.15) is 67.7 Å². The highest BCUT2D eigenvalue weighted by molar-refractivity contribution is 9.10. The molecule has 4 aromatic rings. The maximum Gasteiger partial charge on any atom is 0.154 e. The number of fused-ring (bicyclic) bond motifs is 2. The molecule has 6 rings (SSSR count). The van der Waals surface area contributed by atoms with Gasteiger partial charge in [0.1, 0.15) is 5.84 Å². The van der Waals surface area contributed by atoms with E-state index < -0.39 is 0 Å². The number of amidine groups is 2. The Labute approximate surface area is 246 Å². The summed E-state index contributed by atoms with van der Waals surface area (Å²) in [5, 5.41) is 8.42. The monoisotopic (exact) mass is 589 g/mol. The molecule has 40 heavy (non-hydrogen) atoms. The van der Waals surface area contributed by atoms with E-state index >= 15 is 0 Å². The Morgan fingerprint density at radius 3 is 2.10 bits per heavy atom. The number of nitrogens with zero attached hydrogens (tertiary/aromatic N) is 1. The average molecular weight is 591 g/mol. The van der Waals surface area contributed by atoms with Gasteiger partial charge in [-0.2, -0.15) is 0 Å². The van der Waals surface area contributed by atoms with Gasteiger partial charge in [-0.3, -0.25) is 5.41 Å². The molecule has 3 atom stereocenters. The Morgan fingerprint density at radius 2 is 1.43 bits per heavy atom. The number of benzene rings is 4. The van der Waals surface area contributed by atoms with E-state index in [-0.39, 0.29) is 16.7 Å². The third-order valence-corrected chi connectivity index (χ3v) is 9.78. The van der Waals surface area contributed by atoms with Gasteiger partial charge in [0, 0.05) is 15.6 Å². The second-order valence-corrected chi connectivity index (χ2v) is 13.0. The van der Waals surface area contributed by atoms with Crippen LogP contribution in [0, 0.1) is 11.3 Å². The first-order valence-electron chi connectivity index (χ1n) is 14.3. The molecular weight excluding hydrogens is 554 g/mol. The van der Waals surface area contributed by atoms with Crippen molar-refractivity contribution in [3.8, 4) is 11.1 Å². The maximum absolute atomic E-state index is 8.42. The predicted octanol–water partition coefficient (Wildman–Crippen LogP) is 9.03. The molecule has 0 aromatic heterocycles. The minimum atomic E-state index is 0.165. The van der Waals surface area contributed by atoms with Gasteiger partial charge in [-0.05, 0) is 76.8 Å². The summed E-state index contributed by atoms with van der Waals surface area (Å²) in [4.78, 5) is 4.32. The summed E-state index contributed by atoms with van der Waals surface area (Å²) >= 11 is 3.63. The van der Waals surface area contributed by atoms with E-state index in [9.17, 15) is 0 Å².